The molecular formula is C24H34N2O5. The number of aliphatic hydroxyl groups is 1. The lowest BCUT2D eigenvalue weighted by Gasteiger charge is -2.23. The minimum absolute atomic E-state index is 0.0261. The molecule has 1 heterocycles. The van der Waals surface area contributed by atoms with Gasteiger partial charge in [0, 0.05) is 18.9 Å². The lowest BCUT2D eigenvalue weighted by molar-refractivity contribution is -0.145. The van der Waals surface area contributed by atoms with Gasteiger partial charge in [0.15, 0.2) is 0 Å². The molecule has 0 saturated heterocycles. The summed E-state index contributed by atoms with van der Waals surface area (Å²) in [5.74, 6) is -1.32. The molecule has 0 unspecified atom stereocenters. The first-order valence-corrected chi connectivity index (χ1v) is 11.0. The second kappa shape index (κ2) is 13.6. The van der Waals surface area contributed by atoms with Crippen molar-refractivity contribution < 1.29 is 24.2 Å². The van der Waals surface area contributed by atoms with Crippen molar-refractivity contribution in [2.24, 2.45) is 5.92 Å². The molecule has 0 aromatic heterocycles. The quantitative estimate of drug-likeness (QED) is 0.474. The molecule has 0 spiro atoms. The second-order valence-corrected chi connectivity index (χ2v) is 8.08. The van der Waals surface area contributed by atoms with Gasteiger partial charge in [0.2, 0.25) is 11.8 Å². The smallest absolute Gasteiger partial charge is 0.305 e. The summed E-state index contributed by atoms with van der Waals surface area (Å²) < 4.78 is 5.42. The van der Waals surface area contributed by atoms with Gasteiger partial charge in [-0.1, -0.05) is 42.5 Å². The van der Waals surface area contributed by atoms with Gasteiger partial charge in [-0.2, -0.15) is 0 Å². The number of rotatable bonds is 6. The molecule has 31 heavy (non-hydrogen) atoms. The minimum Gasteiger partial charge on any atom is -0.463 e. The van der Waals surface area contributed by atoms with Crippen LogP contribution in [0.1, 0.15) is 51.0 Å². The molecule has 0 bridgehead atoms. The van der Waals surface area contributed by atoms with Crippen LogP contribution in [-0.2, 0) is 25.5 Å². The van der Waals surface area contributed by atoms with Gasteiger partial charge in [0.1, 0.15) is 6.61 Å². The lowest BCUT2D eigenvalue weighted by Crippen LogP contribution is -2.45. The lowest BCUT2D eigenvalue weighted by atomic mass is 9.97. The predicted octanol–water partition coefficient (Wildman–Crippen LogP) is 2.28. The topological polar surface area (TPSA) is 105 Å². The molecule has 7 heteroatoms. The monoisotopic (exact) mass is 430 g/mol. The van der Waals surface area contributed by atoms with Gasteiger partial charge in [0.05, 0.1) is 18.6 Å². The molecule has 2 rings (SSSR count). The number of nitrogens with one attached hydrogen (secondary N) is 2. The average Bonchev–Trinajstić information content (AvgIpc) is 2.75. The number of ether oxygens (including phenoxy) is 1. The van der Waals surface area contributed by atoms with E-state index in [9.17, 15) is 14.4 Å². The first kappa shape index (κ1) is 24.6. The van der Waals surface area contributed by atoms with Crippen molar-refractivity contribution >= 4 is 17.8 Å². The molecule has 2 amide bonds. The van der Waals surface area contributed by atoms with E-state index in [-0.39, 0.29) is 49.5 Å². The first-order chi connectivity index (χ1) is 15.0. The van der Waals surface area contributed by atoms with E-state index in [1.165, 1.54) is 0 Å². The summed E-state index contributed by atoms with van der Waals surface area (Å²) in [7, 11) is 0. The Labute approximate surface area is 184 Å². The number of hydrogen-bond acceptors (Lipinski definition) is 5. The van der Waals surface area contributed by atoms with Crippen molar-refractivity contribution in [1.82, 2.24) is 10.6 Å². The van der Waals surface area contributed by atoms with Gasteiger partial charge in [-0.3, -0.25) is 14.4 Å². The van der Waals surface area contributed by atoms with Crippen molar-refractivity contribution in [2.45, 2.75) is 64.0 Å². The predicted molar refractivity (Wildman–Crippen MR) is 118 cm³/mol. The zero-order valence-corrected chi connectivity index (χ0v) is 18.2. The summed E-state index contributed by atoms with van der Waals surface area (Å²) in [6.07, 6.45) is 7.72. The van der Waals surface area contributed by atoms with Crippen LogP contribution >= 0.6 is 0 Å². The fourth-order valence-electron chi connectivity index (χ4n) is 3.43. The highest BCUT2D eigenvalue weighted by Gasteiger charge is 2.25. The fraction of sp³-hybridized carbons (Fsp3) is 0.542. The SMILES string of the molecule is C[C@H](CO)NC(=O)C[C@H]1CC=CCCCCC(=O)OC[C@H](Cc2ccccc2)NC1=O. The van der Waals surface area contributed by atoms with Crippen LogP contribution in [-0.4, -0.2) is 48.2 Å². The second-order valence-electron chi connectivity index (χ2n) is 8.08. The van der Waals surface area contributed by atoms with Crippen LogP contribution in [0, 0.1) is 5.92 Å². The van der Waals surface area contributed by atoms with Crippen molar-refractivity contribution in [2.75, 3.05) is 13.2 Å². The summed E-state index contributed by atoms with van der Waals surface area (Å²) in [5.41, 5.74) is 1.02. The molecule has 1 aromatic carbocycles. The Morgan fingerprint density at radius 2 is 2.00 bits per heavy atom. The van der Waals surface area contributed by atoms with E-state index in [2.05, 4.69) is 10.6 Å². The third-order valence-electron chi connectivity index (χ3n) is 5.19. The Hall–Kier alpha value is -2.67. The number of carbonyl (C=O) groups excluding carboxylic acids is 3. The van der Waals surface area contributed by atoms with E-state index in [1.807, 2.05) is 42.5 Å². The molecule has 1 aromatic rings. The highest BCUT2D eigenvalue weighted by Crippen LogP contribution is 2.14. The molecule has 0 radical (unpaired) electrons. The van der Waals surface area contributed by atoms with E-state index < -0.39 is 5.92 Å². The van der Waals surface area contributed by atoms with E-state index in [0.29, 0.717) is 19.3 Å². The van der Waals surface area contributed by atoms with Crippen molar-refractivity contribution in [3.63, 3.8) is 0 Å². The summed E-state index contributed by atoms with van der Waals surface area (Å²) in [4.78, 5) is 37.4. The Kier molecular flexibility index (Phi) is 10.8. The highest BCUT2D eigenvalue weighted by atomic mass is 16.5. The summed E-state index contributed by atoms with van der Waals surface area (Å²) in [6, 6.07) is 8.94. The Bertz CT molecular complexity index is 735. The van der Waals surface area contributed by atoms with E-state index in [4.69, 9.17) is 9.84 Å². The van der Waals surface area contributed by atoms with Gasteiger partial charge in [-0.25, -0.2) is 0 Å². The third-order valence-corrected chi connectivity index (χ3v) is 5.19. The number of allylic oxidation sites excluding steroid dienone is 2. The van der Waals surface area contributed by atoms with Gasteiger partial charge in [0.25, 0.3) is 0 Å². The number of amides is 2. The van der Waals surface area contributed by atoms with Crippen LogP contribution in [0.25, 0.3) is 0 Å². The number of benzene rings is 1. The molecule has 0 aliphatic carbocycles. The van der Waals surface area contributed by atoms with Crippen molar-refractivity contribution in [1.29, 1.82) is 0 Å². The first-order valence-electron chi connectivity index (χ1n) is 11.0. The van der Waals surface area contributed by atoms with Crippen LogP contribution in [0.3, 0.4) is 0 Å². The fourth-order valence-corrected chi connectivity index (χ4v) is 3.43. The average molecular weight is 431 g/mol. The molecular weight excluding hydrogens is 396 g/mol. The molecule has 1 aliphatic heterocycles. The number of cyclic esters (lactones) is 1. The van der Waals surface area contributed by atoms with Gasteiger partial charge >= 0.3 is 5.97 Å². The molecule has 3 atom stereocenters. The van der Waals surface area contributed by atoms with Crippen LogP contribution in [0.5, 0.6) is 0 Å². The molecule has 1 aliphatic rings. The van der Waals surface area contributed by atoms with Crippen LogP contribution in [0.2, 0.25) is 0 Å². The maximum absolute atomic E-state index is 13.0. The van der Waals surface area contributed by atoms with Crippen LogP contribution in [0.4, 0.5) is 0 Å². The number of carbonyl (C=O) groups is 3. The Balaban J connectivity index is 2.12. The van der Waals surface area contributed by atoms with Crippen molar-refractivity contribution in [3.05, 3.63) is 48.0 Å². The molecule has 170 valence electrons. The van der Waals surface area contributed by atoms with Gasteiger partial charge < -0.3 is 20.5 Å². The maximum Gasteiger partial charge on any atom is 0.305 e. The molecule has 7 nitrogen and oxygen atoms in total. The standard InChI is InChI=1S/C24H34N2O5/c1-18(16-27)25-22(28)15-20-12-8-3-2-4-9-13-23(29)31-17-21(26-24(20)30)14-19-10-6-5-7-11-19/h3,5-8,10-11,18,20-21,27H,2,4,9,12-17H2,1H3,(H,25,28)(H,26,30)/t18-,20-,21+/m1/s1. The van der Waals surface area contributed by atoms with Crippen LogP contribution in [0.15, 0.2) is 42.5 Å². The number of hydrogen-bond donors (Lipinski definition) is 3. The van der Waals surface area contributed by atoms with Crippen molar-refractivity contribution in [3.8, 4) is 0 Å². The normalized spacial score (nSPS) is 22.0. The van der Waals surface area contributed by atoms with E-state index in [0.717, 1.165) is 24.8 Å². The van der Waals surface area contributed by atoms with Gasteiger partial charge in [-0.05, 0) is 44.6 Å². The summed E-state index contributed by atoms with van der Waals surface area (Å²) in [6.45, 7) is 1.64. The zero-order chi connectivity index (χ0) is 22.5. The summed E-state index contributed by atoms with van der Waals surface area (Å²) in [5, 5.41) is 14.8. The highest BCUT2D eigenvalue weighted by molar-refractivity contribution is 5.86. The van der Waals surface area contributed by atoms with Crippen LogP contribution < -0.4 is 10.6 Å². The Morgan fingerprint density at radius 3 is 2.74 bits per heavy atom. The molecule has 0 saturated carbocycles. The third kappa shape index (κ3) is 9.79. The minimum atomic E-state index is -0.543. The number of esters is 1. The maximum atomic E-state index is 13.0. The summed E-state index contributed by atoms with van der Waals surface area (Å²) >= 11 is 0. The van der Waals surface area contributed by atoms with E-state index >= 15 is 0 Å². The van der Waals surface area contributed by atoms with E-state index in [1.54, 1.807) is 6.92 Å². The zero-order valence-electron chi connectivity index (χ0n) is 18.2. The van der Waals surface area contributed by atoms with Gasteiger partial charge in [-0.15, -0.1) is 0 Å². The molecule has 0 fully saturated rings. The Morgan fingerprint density at radius 1 is 1.23 bits per heavy atom. The molecule has 3 N–H and O–H groups in total. The number of aliphatic hydroxyl groups excluding tert-OH is 1. The largest absolute Gasteiger partial charge is 0.463 e.